The second-order valence-electron chi connectivity index (χ2n) is 6.89. The van der Waals surface area contributed by atoms with Crippen molar-refractivity contribution in [2.75, 3.05) is 0 Å². The third-order valence-corrected chi connectivity index (χ3v) is 23.6. The molecule has 0 nitrogen and oxygen atoms in total. The summed E-state index contributed by atoms with van der Waals surface area (Å²) in [6.07, 6.45) is 13.2. The monoisotopic (exact) mass is 376 g/mol. The second-order valence-corrected chi connectivity index (χ2v) is 22.2. The van der Waals surface area contributed by atoms with Gasteiger partial charge in [-0.05, 0) is 0 Å². The zero-order chi connectivity index (χ0) is 14.6. The van der Waals surface area contributed by atoms with Crippen LogP contribution < -0.4 is 0 Å². The van der Waals surface area contributed by atoms with Gasteiger partial charge in [0.25, 0.3) is 0 Å². The summed E-state index contributed by atoms with van der Waals surface area (Å²) in [5.41, 5.74) is 0. The molecule has 19 heavy (non-hydrogen) atoms. The Bertz CT molecular complexity index is 160. The van der Waals surface area contributed by atoms with Crippen LogP contribution in [0.1, 0.15) is 92.4 Å². The molecule has 0 aromatic heterocycles. The molecule has 0 bridgehead atoms. The summed E-state index contributed by atoms with van der Waals surface area (Å²) in [7, 11) is 0. The summed E-state index contributed by atoms with van der Waals surface area (Å²) in [6.45, 7) is 12.2. The molecule has 0 aromatic carbocycles. The molecule has 0 aliphatic rings. The van der Waals surface area contributed by atoms with Gasteiger partial charge in [-0.1, -0.05) is 0 Å². The van der Waals surface area contributed by atoms with Crippen LogP contribution >= 0.6 is 0 Å². The molecule has 0 saturated carbocycles. The van der Waals surface area contributed by atoms with Gasteiger partial charge in [0.2, 0.25) is 0 Å². The van der Waals surface area contributed by atoms with Crippen LogP contribution in [0.3, 0.4) is 0 Å². The van der Waals surface area contributed by atoms with E-state index in [0.717, 1.165) is 3.93 Å². The van der Waals surface area contributed by atoms with Gasteiger partial charge in [-0.3, -0.25) is 0 Å². The van der Waals surface area contributed by atoms with Crippen molar-refractivity contribution < 1.29 is 0 Å². The molecule has 0 rings (SSSR count). The minimum absolute atomic E-state index is 1.07. The van der Waals surface area contributed by atoms with Crippen molar-refractivity contribution in [3.05, 3.63) is 0 Å². The van der Waals surface area contributed by atoms with E-state index in [9.17, 15) is 0 Å². The maximum atomic E-state index is 2.57. The van der Waals surface area contributed by atoms with E-state index in [-0.39, 0.29) is 0 Å². The van der Waals surface area contributed by atoms with Crippen molar-refractivity contribution >= 4 is 18.4 Å². The molecule has 0 heterocycles. The summed E-state index contributed by atoms with van der Waals surface area (Å²) >= 11 is -1.82. The summed E-state index contributed by atoms with van der Waals surface area (Å²) in [5, 5.41) is 0. The first-order valence-corrected chi connectivity index (χ1v) is 16.8. The predicted octanol–water partition coefficient (Wildman–Crippen LogP) is 7.42. The third-order valence-electron chi connectivity index (χ3n) is 5.06. The van der Waals surface area contributed by atoms with E-state index in [1.165, 1.54) is 38.5 Å². The molecular formula is C18H40Sn. The Balaban J connectivity index is 4.48. The quantitative estimate of drug-likeness (QED) is 0.232. The average Bonchev–Trinajstić information content (AvgIpc) is 2.38. The van der Waals surface area contributed by atoms with E-state index in [2.05, 4.69) is 34.6 Å². The molecule has 0 aliphatic heterocycles. The molecule has 116 valence electrons. The average molecular weight is 375 g/mol. The summed E-state index contributed by atoms with van der Waals surface area (Å²) < 4.78 is 6.13. The van der Waals surface area contributed by atoms with Crippen molar-refractivity contribution in [1.82, 2.24) is 0 Å². The van der Waals surface area contributed by atoms with E-state index in [1.54, 1.807) is 32.6 Å². The fraction of sp³-hybridized carbons (Fsp3) is 1.00. The first-order chi connectivity index (χ1) is 9.13. The van der Waals surface area contributed by atoms with Crippen molar-refractivity contribution in [3.63, 3.8) is 0 Å². The maximum absolute atomic E-state index is 2.57. The molecule has 0 aromatic rings. The van der Waals surface area contributed by atoms with E-state index < -0.39 is 18.4 Å². The van der Waals surface area contributed by atoms with Gasteiger partial charge in [-0.2, -0.15) is 0 Å². The van der Waals surface area contributed by atoms with Gasteiger partial charge >= 0.3 is 128 Å². The SMILES string of the molecule is CCCC[CH2][Sn]([CH2]CCCC)([CH2]CCCC)[CH](C)C. The van der Waals surface area contributed by atoms with Crippen molar-refractivity contribution in [2.45, 2.75) is 110 Å². The number of hydrogen-bond acceptors (Lipinski definition) is 0. The molecule has 0 unspecified atom stereocenters. The molecule has 0 atom stereocenters. The number of hydrogen-bond donors (Lipinski definition) is 0. The van der Waals surface area contributed by atoms with Crippen molar-refractivity contribution in [3.8, 4) is 0 Å². The van der Waals surface area contributed by atoms with Gasteiger partial charge < -0.3 is 0 Å². The Morgan fingerprint density at radius 2 is 0.895 bits per heavy atom. The Labute approximate surface area is 128 Å². The van der Waals surface area contributed by atoms with Gasteiger partial charge in [-0.25, -0.2) is 0 Å². The van der Waals surface area contributed by atoms with Crippen LogP contribution in [0, 0.1) is 0 Å². The Morgan fingerprint density at radius 1 is 0.579 bits per heavy atom. The van der Waals surface area contributed by atoms with Gasteiger partial charge in [0.15, 0.2) is 0 Å². The summed E-state index contributed by atoms with van der Waals surface area (Å²) in [6, 6.07) is 0. The van der Waals surface area contributed by atoms with Crippen LogP contribution in [0.4, 0.5) is 0 Å². The second kappa shape index (κ2) is 12.5. The molecule has 0 N–H and O–H groups in total. The molecule has 0 saturated heterocycles. The molecule has 0 radical (unpaired) electrons. The van der Waals surface area contributed by atoms with E-state index in [4.69, 9.17) is 0 Å². The van der Waals surface area contributed by atoms with Gasteiger partial charge in [0, 0.05) is 0 Å². The van der Waals surface area contributed by atoms with Crippen LogP contribution in [0.5, 0.6) is 0 Å². The van der Waals surface area contributed by atoms with Crippen molar-refractivity contribution in [1.29, 1.82) is 0 Å². The van der Waals surface area contributed by atoms with Crippen LogP contribution in [0.2, 0.25) is 17.2 Å². The van der Waals surface area contributed by atoms with Crippen molar-refractivity contribution in [2.24, 2.45) is 0 Å². The minimum atomic E-state index is -1.82. The van der Waals surface area contributed by atoms with Gasteiger partial charge in [0.05, 0.1) is 0 Å². The van der Waals surface area contributed by atoms with E-state index in [0.29, 0.717) is 0 Å². The fourth-order valence-corrected chi connectivity index (χ4v) is 18.7. The first-order valence-electron chi connectivity index (χ1n) is 9.13. The van der Waals surface area contributed by atoms with Crippen LogP contribution in [-0.2, 0) is 0 Å². The Kier molecular flexibility index (Phi) is 13.1. The van der Waals surface area contributed by atoms with Gasteiger partial charge in [-0.15, -0.1) is 0 Å². The van der Waals surface area contributed by atoms with Crippen LogP contribution in [-0.4, -0.2) is 18.4 Å². The van der Waals surface area contributed by atoms with E-state index >= 15 is 0 Å². The first kappa shape index (κ1) is 19.8. The van der Waals surface area contributed by atoms with E-state index in [1.807, 2.05) is 0 Å². The fourth-order valence-electron chi connectivity index (χ4n) is 3.42. The number of rotatable bonds is 13. The molecule has 0 spiro atoms. The van der Waals surface area contributed by atoms with Crippen LogP contribution in [0.15, 0.2) is 0 Å². The molecular weight excluding hydrogens is 335 g/mol. The van der Waals surface area contributed by atoms with Crippen LogP contribution in [0.25, 0.3) is 0 Å². The zero-order valence-corrected chi connectivity index (χ0v) is 17.4. The molecule has 0 amide bonds. The van der Waals surface area contributed by atoms with Gasteiger partial charge in [0.1, 0.15) is 0 Å². The topological polar surface area (TPSA) is 0 Å². The Morgan fingerprint density at radius 3 is 1.11 bits per heavy atom. The summed E-state index contributed by atoms with van der Waals surface area (Å²) in [5.74, 6) is 0. The molecule has 0 aliphatic carbocycles. The number of unbranched alkanes of at least 4 members (excludes halogenated alkanes) is 6. The summed E-state index contributed by atoms with van der Waals surface area (Å²) in [4.78, 5) is 0. The third kappa shape index (κ3) is 8.63. The standard InChI is InChI=1S/3C5H11.C3H7.Sn/c3*1-3-5-4-2;1-3-2;/h3*1,3-5H2,2H3;3H,1-2H3;. The Hall–Kier alpha value is 0.799. The molecule has 1 heteroatoms. The predicted molar refractivity (Wildman–Crippen MR) is 93.8 cm³/mol. The zero-order valence-electron chi connectivity index (χ0n) is 14.6. The normalized spacial score (nSPS) is 12.3. The molecule has 0 fully saturated rings.